The fourth-order valence-electron chi connectivity index (χ4n) is 0.973. The van der Waals surface area contributed by atoms with Gasteiger partial charge in [-0.3, -0.25) is 4.68 Å². The first-order valence-electron chi connectivity index (χ1n) is 3.53. The van der Waals surface area contributed by atoms with Gasteiger partial charge >= 0.3 is 5.97 Å². The Labute approximate surface area is 69.6 Å². The molecule has 0 aliphatic carbocycles. The Morgan fingerprint density at radius 2 is 2.50 bits per heavy atom. The Balaban J connectivity index is 3.16. The van der Waals surface area contributed by atoms with Crippen LogP contribution >= 0.6 is 0 Å². The van der Waals surface area contributed by atoms with Crippen molar-refractivity contribution in [3.05, 3.63) is 11.9 Å². The van der Waals surface area contributed by atoms with E-state index in [4.69, 9.17) is 9.84 Å². The minimum atomic E-state index is -1.02. The van der Waals surface area contributed by atoms with E-state index in [1.54, 1.807) is 0 Å². The predicted octanol–water partition coefficient (Wildman–Crippen LogP) is 0.610. The Hall–Kier alpha value is -1.52. The summed E-state index contributed by atoms with van der Waals surface area (Å²) in [6.07, 6.45) is 1.40. The minimum absolute atomic E-state index is 0.0972. The van der Waals surface area contributed by atoms with Crippen LogP contribution in [-0.2, 0) is 6.54 Å². The van der Waals surface area contributed by atoms with E-state index >= 15 is 0 Å². The van der Waals surface area contributed by atoms with Gasteiger partial charge in [-0.25, -0.2) is 4.79 Å². The molecule has 0 atom stereocenters. The quantitative estimate of drug-likeness (QED) is 0.721. The molecule has 5 nitrogen and oxygen atoms in total. The lowest BCUT2D eigenvalue weighted by Crippen LogP contribution is -2.09. The molecular formula is C7H10N2O3. The number of hydrogen-bond donors (Lipinski definition) is 1. The molecule has 5 heteroatoms. The molecule has 0 unspecified atom stereocenters. The highest BCUT2D eigenvalue weighted by atomic mass is 16.5. The number of methoxy groups -OCH3 is 1. The highest BCUT2D eigenvalue weighted by Gasteiger charge is 2.16. The normalized spacial score (nSPS) is 9.83. The molecule has 12 heavy (non-hydrogen) atoms. The molecule has 0 saturated carbocycles. The van der Waals surface area contributed by atoms with Gasteiger partial charge in [0.15, 0.2) is 11.4 Å². The monoisotopic (exact) mass is 170 g/mol. The third kappa shape index (κ3) is 1.25. The first-order valence-corrected chi connectivity index (χ1v) is 3.53. The lowest BCUT2D eigenvalue weighted by atomic mass is 10.4. The van der Waals surface area contributed by atoms with Crippen molar-refractivity contribution in [3.63, 3.8) is 0 Å². The van der Waals surface area contributed by atoms with Gasteiger partial charge in [0.25, 0.3) is 0 Å². The van der Waals surface area contributed by atoms with Gasteiger partial charge in [0.2, 0.25) is 0 Å². The van der Waals surface area contributed by atoms with E-state index < -0.39 is 5.97 Å². The highest BCUT2D eigenvalue weighted by molar-refractivity contribution is 5.88. The summed E-state index contributed by atoms with van der Waals surface area (Å²) in [5, 5.41) is 12.6. The van der Waals surface area contributed by atoms with Crippen molar-refractivity contribution in [1.29, 1.82) is 0 Å². The van der Waals surface area contributed by atoms with Crippen molar-refractivity contribution in [2.45, 2.75) is 13.5 Å². The lowest BCUT2D eigenvalue weighted by Gasteiger charge is -2.00. The fourth-order valence-corrected chi connectivity index (χ4v) is 0.973. The average molecular weight is 170 g/mol. The van der Waals surface area contributed by atoms with Crippen LogP contribution in [0.15, 0.2) is 6.20 Å². The molecule has 66 valence electrons. The predicted molar refractivity (Wildman–Crippen MR) is 41.4 cm³/mol. The maximum atomic E-state index is 10.7. The smallest absolute Gasteiger partial charge is 0.358 e. The molecule has 0 aromatic carbocycles. The molecule has 0 amide bonds. The van der Waals surface area contributed by atoms with Crippen LogP contribution in [0.25, 0.3) is 0 Å². The summed E-state index contributed by atoms with van der Waals surface area (Å²) in [6, 6.07) is 0. The summed E-state index contributed by atoms with van der Waals surface area (Å²) < 4.78 is 6.20. The van der Waals surface area contributed by atoms with Crippen molar-refractivity contribution in [1.82, 2.24) is 9.78 Å². The number of nitrogens with zero attached hydrogens (tertiary/aromatic N) is 2. The van der Waals surface area contributed by atoms with Crippen LogP contribution in [0, 0.1) is 0 Å². The van der Waals surface area contributed by atoms with Gasteiger partial charge in [-0.2, -0.15) is 5.10 Å². The van der Waals surface area contributed by atoms with Crippen LogP contribution in [0.5, 0.6) is 5.75 Å². The molecule has 0 aliphatic heterocycles. The number of carboxylic acids is 1. The first-order chi connectivity index (χ1) is 5.70. The standard InChI is InChI=1S/C7H10N2O3/c1-3-9-6(7(10)11)5(12-2)4-8-9/h4H,3H2,1-2H3,(H,10,11). The van der Waals surface area contributed by atoms with Gasteiger partial charge in [0.05, 0.1) is 13.3 Å². The van der Waals surface area contributed by atoms with Crippen molar-refractivity contribution >= 4 is 5.97 Å². The molecule has 1 heterocycles. The van der Waals surface area contributed by atoms with Crippen LogP contribution < -0.4 is 4.74 Å². The molecule has 0 bridgehead atoms. The second kappa shape index (κ2) is 3.25. The minimum Gasteiger partial charge on any atom is -0.493 e. The number of carboxylic acid groups (broad SMARTS) is 1. The Kier molecular flexibility index (Phi) is 2.32. The van der Waals surface area contributed by atoms with Crippen molar-refractivity contribution < 1.29 is 14.6 Å². The third-order valence-electron chi connectivity index (χ3n) is 1.53. The number of aryl methyl sites for hydroxylation is 1. The van der Waals surface area contributed by atoms with E-state index in [1.807, 2.05) is 6.92 Å². The highest BCUT2D eigenvalue weighted by Crippen LogP contribution is 2.16. The summed E-state index contributed by atoms with van der Waals surface area (Å²) in [4.78, 5) is 10.7. The Bertz CT molecular complexity index is 271. The molecule has 1 aromatic rings. The van der Waals surface area contributed by atoms with Crippen molar-refractivity contribution in [3.8, 4) is 5.75 Å². The number of aromatic nitrogens is 2. The second-order valence-electron chi connectivity index (χ2n) is 2.18. The third-order valence-corrected chi connectivity index (χ3v) is 1.53. The van der Waals surface area contributed by atoms with Crippen LogP contribution in [-0.4, -0.2) is 28.0 Å². The summed E-state index contributed by atoms with van der Waals surface area (Å²) >= 11 is 0. The molecule has 0 aliphatic rings. The molecule has 1 rings (SSSR count). The van der Waals surface area contributed by atoms with E-state index in [0.717, 1.165) is 0 Å². The number of aromatic carboxylic acids is 1. The van der Waals surface area contributed by atoms with Crippen LogP contribution in [0.3, 0.4) is 0 Å². The lowest BCUT2D eigenvalue weighted by molar-refractivity contribution is 0.0679. The van der Waals surface area contributed by atoms with E-state index in [2.05, 4.69) is 5.10 Å². The topological polar surface area (TPSA) is 64.4 Å². The molecule has 1 aromatic heterocycles. The molecule has 0 fully saturated rings. The van der Waals surface area contributed by atoms with Crippen LogP contribution in [0.1, 0.15) is 17.4 Å². The maximum absolute atomic E-state index is 10.7. The zero-order valence-corrected chi connectivity index (χ0v) is 6.94. The van der Waals surface area contributed by atoms with Crippen molar-refractivity contribution in [2.75, 3.05) is 7.11 Å². The van der Waals surface area contributed by atoms with Gasteiger partial charge in [-0.05, 0) is 6.92 Å². The number of hydrogen-bond acceptors (Lipinski definition) is 3. The summed E-state index contributed by atoms with van der Waals surface area (Å²) in [6.45, 7) is 2.34. The fraction of sp³-hybridized carbons (Fsp3) is 0.429. The summed E-state index contributed by atoms with van der Waals surface area (Å²) in [5.74, 6) is -0.726. The van der Waals surface area contributed by atoms with Crippen molar-refractivity contribution in [2.24, 2.45) is 0 Å². The van der Waals surface area contributed by atoms with E-state index in [9.17, 15) is 4.79 Å². The van der Waals surface area contributed by atoms with Gasteiger partial charge in [0.1, 0.15) is 0 Å². The molecule has 0 saturated heterocycles. The molecule has 1 N–H and O–H groups in total. The molecular weight excluding hydrogens is 160 g/mol. The van der Waals surface area contributed by atoms with E-state index in [0.29, 0.717) is 12.3 Å². The summed E-state index contributed by atoms with van der Waals surface area (Å²) in [5.41, 5.74) is 0.0972. The average Bonchev–Trinajstić information content (AvgIpc) is 2.46. The number of rotatable bonds is 3. The van der Waals surface area contributed by atoms with E-state index in [-0.39, 0.29) is 5.69 Å². The second-order valence-corrected chi connectivity index (χ2v) is 2.18. The van der Waals surface area contributed by atoms with Crippen LogP contribution in [0.2, 0.25) is 0 Å². The zero-order valence-electron chi connectivity index (χ0n) is 6.94. The number of ether oxygens (including phenoxy) is 1. The number of carbonyl (C=O) groups is 1. The zero-order chi connectivity index (χ0) is 9.14. The Morgan fingerprint density at radius 3 is 2.92 bits per heavy atom. The van der Waals surface area contributed by atoms with Crippen LogP contribution in [0.4, 0.5) is 0 Å². The first kappa shape index (κ1) is 8.58. The summed E-state index contributed by atoms with van der Waals surface area (Å²) in [7, 11) is 1.42. The van der Waals surface area contributed by atoms with Gasteiger partial charge < -0.3 is 9.84 Å². The van der Waals surface area contributed by atoms with Gasteiger partial charge in [-0.1, -0.05) is 0 Å². The van der Waals surface area contributed by atoms with E-state index in [1.165, 1.54) is 18.0 Å². The largest absolute Gasteiger partial charge is 0.493 e. The molecule has 0 radical (unpaired) electrons. The maximum Gasteiger partial charge on any atom is 0.358 e. The SMILES string of the molecule is CCn1ncc(OC)c1C(=O)O. The molecule has 0 spiro atoms. The Morgan fingerprint density at radius 1 is 1.83 bits per heavy atom. The van der Waals surface area contributed by atoms with Gasteiger partial charge in [0, 0.05) is 6.54 Å². The van der Waals surface area contributed by atoms with Gasteiger partial charge in [-0.15, -0.1) is 0 Å².